The second-order valence-electron chi connectivity index (χ2n) is 5.13. The Balaban J connectivity index is 2.02. The van der Waals surface area contributed by atoms with Gasteiger partial charge in [0.05, 0.1) is 6.10 Å². The topological polar surface area (TPSA) is 69.6 Å². The number of carbonyl (C=O) groups is 2. The Bertz CT molecular complexity index is 499. The molecule has 1 heterocycles. The van der Waals surface area contributed by atoms with Crippen molar-refractivity contribution in [3.8, 4) is 0 Å². The molecular weight excluding hydrogens is 255 g/mol. The molecule has 1 aromatic rings. The van der Waals surface area contributed by atoms with Gasteiger partial charge in [0.1, 0.15) is 0 Å². The maximum atomic E-state index is 12.4. The molecule has 0 spiro atoms. The zero-order chi connectivity index (χ0) is 14.5. The van der Waals surface area contributed by atoms with Crippen molar-refractivity contribution in [2.24, 2.45) is 0 Å². The minimum absolute atomic E-state index is 0.0124. The maximum absolute atomic E-state index is 12.4. The summed E-state index contributed by atoms with van der Waals surface area (Å²) in [7, 11) is 1.47. The van der Waals surface area contributed by atoms with Crippen LogP contribution in [-0.4, -0.2) is 48.8 Å². The van der Waals surface area contributed by atoms with E-state index in [0.29, 0.717) is 38.0 Å². The average Bonchev–Trinajstić information content (AvgIpc) is 2.45. The van der Waals surface area contributed by atoms with Crippen LogP contribution in [0, 0.1) is 0 Å². The minimum atomic E-state index is -0.287. The molecule has 1 fully saturated rings. The number of nitrogens with zero attached hydrogens (tertiary/aromatic N) is 1. The fraction of sp³-hybridized carbons (Fsp3) is 0.429. The molecule has 6 heteroatoms. The first-order chi connectivity index (χ1) is 9.56. The second kappa shape index (κ2) is 6.57. The van der Waals surface area contributed by atoms with E-state index in [2.05, 4.69) is 5.32 Å². The quantitative estimate of drug-likeness (QED) is 0.769. The first-order valence-electron chi connectivity index (χ1n) is 6.87. The van der Waals surface area contributed by atoms with Crippen molar-refractivity contribution in [3.63, 3.8) is 0 Å². The van der Waals surface area contributed by atoms with E-state index in [1.165, 1.54) is 7.85 Å². The molecule has 0 aliphatic carbocycles. The maximum Gasteiger partial charge on any atom is 0.253 e. The van der Waals surface area contributed by atoms with Crippen LogP contribution in [0.1, 0.15) is 28.8 Å². The molecule has 0 saturated carbocycles. The van der Waals surface area contributed by atoms with Crippen molar-refractivity contribution in [1.82, 2.24) is 10.2 Å². The molecular formula is C14H19BN2O3. The summed E-state index contributed by atoms with van der Waals surface area (Å²) in [6.07, 6.45) is 0.986. The lowest BCUT2D eigenvalue weighted by Gasteiger charge is -2.29. The molecule has 0 aromatic heterocycles. The van der Waals surface area contributed by atoms with Gasteiger partial charge < -0.3 is 15.3 Å². The number of piperidine rings is 1. The van der Waals surface area contributed by atoms with Crippen molar-refractivity contribution in [2.75, 3.05) is 13.1 Å². The van der Waals surface area contributed by atoms with E-state index in [0.717, 1.165) is 5.56 Å². The van der Waals surface area contributed by atoms with Crippen LogP contribution in [0.4, 0.5) is 4.79 Å². The van der Waals surface area contributed by atoms with Crippen molar-refractivity contribution in [1.29, 1.82) is 0 Å². The van der Waals surface area contributed by atoms with E-state index in [4.69, 9.17) is 0 Å². The summed E-state index contributed by atoms with van der Waals surface area (Å²) in [6, 6.07) is 7.30. The molecule has 20 heavy (non-hydrogen) atoms. The number of carbonyl (C=O) groups excluding carboxylic acids is 2. The highest BCUT2D eigenvalue weighted by Crippen LogP contribution is 2.14. The number of likely N-dealkylation sites (tertiary alicyclic amines) is 1. The van der Waals surface area contributed by atoms with Crippen LogP contribution in [-0.2, 0) is 6.54 Å². The molecule has 1 aromatic carbocycles. The van der Waals surface area contributed by atoms with E-state index >= 15 is 0 Å². The summed E-state index contributed by atoms with van der Waals surface area (Å²) in [4.78, 5) is 25.0. The summed E-state index contributed by atoms with van der Waals surface area (Å²) in [5, 5.41) is 12.2. The first kappa shape index (κ1) is 14.6. The highest BCUT2D eigenvalue weighted by Gasteiger charge is 2.22. The van der Waals surface area contributed by atoms with E-state index < -0.39 is 0 Å². The number of amides is 2. The van der Waals surface area contributed by atoms with Crippen LogP contribution in [0.3, 0.4) is 0 Å². The standard InChI is InChI=1S/C14H19BN2O3/c15-14(20)16-9-10-2-1-3-11(8-10)13(19)17-6-4-12(18)5-7-17/h1-3,8,12,18H,4-7,9,15H2,(H,16,20). The van der Waals surface area contributed by atoms with Crippen molar-refractivity contribution in [2.45, 2.75) is 25.5 Å². The monoisotopic (exact) mass is 274 g/mol. The zero-order valence-corrected chi connectivity index (χ0v) is 11.6. The van der Waals surface area contributed by atoms with Gasteiger partial charge in [-0.2, -0.15) is 0 Å². The zero-order valence-electron chi connectivity index (χ0n) is 11.6. The summed E-state index contributed by atoms with van der Waals surface area (Å²) in [5.74, 6) is -0.103. The van der Waals surface area contributed by atoms with Crippen LogP contribution in [0.5, 0.6) is 0 Å². The highest BCUT2D eigenvalue weighted by atomic mass is 16.3. The van der Waals surface area contributed by atoms with Crippen LogP contribution in [0.2, 0.25) is 0 Å². The molecule has 0 bridgehead atoms. The molecule has 2 amide bonds. The minimum Gasteiger partial charge on any atom is -0.393 e. The highest BCUT2D eigenvalue weighted by molar-refractivity contribution is 6.57. The number of aliphatic hydroxyl groups excluding tert-OH is 1. The van der Waals surface area contributed by atoms with Gasteiger partial charge in [-0.05, 0) is 30.5 Å². The van der Waals surface area contributed by atoms with Crippen molar-refractivity contribution < 1.29 is 14.7 Å². The molecule has 106 valence electrons. The lowest BCUT2D eigenvalue weighted by atomic mass is 10.0. The van der Waals surface area contributed by atoms with E-state index in [-0.39, 0.29) is 17.8 Å². The van der Waals surface area contributed by atoms with Crippen LogP contribution in [0.15, 0.2) is 24.3 Å². The Morgan fingerprint density at radius 2 is 2.05 bits per heavy atom. The van der Waals surface area contributed by atoms with E-state index in [1.807, 2.05) is 18.2 Å². The third-order valence-corrected chi connectivity index (χ3v) is 3.47. The molecule has 0 atom stereocenters. The Kier molecular flexibility index (Phi) is 4.79. The molecule has 1 aliphatic heterocycles. The third kappa shape index (κ3) is 3.84. The molecule has 2 N–H and O–H groups in total. The van der Waals surface area contributed by atoms with Crippen LogP contribution in [0.25, 0.3) is 0 Å². The van der Waals surface area contributed by atoms with E-state index in [1.54, 1.807) is 11.0 Å². The average molecular weight is 274 g/mol. The summed E-state index contributed by atoms with van der Waals surface area (Å²) in [6.45, 7) is 1.61. The lowest BCUT2D eigenvalue weighted by Crippen LogP contribution is -2.40. The SMILES string of the molecule is BC(=O)NCc1cccc(C(=O)N2CCC(O)CC2)c1. The Hall–Kier alpha value is -1.82. The predicted molar refractivity (Wildman–Crippen MR) is 78.4 cm³/mol. The fourth-order valence-corrected chi connectivity index (χ4v) is 2.29. The van der Waals surface area contributed by atoms with Gasteiger partial charge in [-0.15, -0.1) is 0 Å². The number of aliphatic hydroxyl groups is 1. The molecule has 5 nitrogen and oxygen atoms in total. The number of rotatable bonds is 3. The van der Waals surface area contributed by atoms with Gasteiger partial charge in [-0.3, -0.25) is 9.59 Å². The Morgan fingerprint density at radius 3 is 2.70 bits per heavy atom. The predicted octanol–water partition coefficient (Wildman–Crippen LogP) is 0.126. The Labute approximate surface area is 119 Å². The van der Waals surface area contributed by atoms with Crippen LogP contribution < -0.4 is 5.32 Å². The fourth-order valence-electron chi connectivity index (χ4n) is 2.29. The van der Waals surface area contributed by atoms with Gasteiger partial charge >= 0.3 is 0 Å². The molecule has 0 radical (unpaired) electrons. The van der Waals surface area contributed by atoms with Gasteiger partial charge in [0.2, 0.25) is 7.85 Å². The normalized spacial score (nSPS) is 15.9. The number of hydrogen-bond acceptors (Lipinski definition) is 3. The van der Waals surface area contributed by atoms with Crippen molar-refractivity contribution >= 4 is 19.6 Å². The van der Waals surface area contributed by atoms with Gasteiger partial charge in [0.15, 0.2) is 5.81 Å². The summed E-state index contributed by atoms with van der Waals surface area (Å²) >= 11 is 0. The summed E-state index contributed by atoms with van der Waals surface area (Å²) in [5.41, 5.74) is 1.53. The number of nitrogens with one attached hydrogen (secondary N) is 1. The third-order valence-electron chi connectivity index (χ3n) is 3.47. The summed E-state index contributed by atoms with van der Waals surface area (Å²) < 4.78 is 0. The first-order valence-corrected chi connectivity index (χ1v) is 6.87. The largest absolute Gasteiger partial charge is 0.393 e. The Morgan fingerprint density at radius 1 is 1.35 bits per heavy atom. The lowest BCUT2D eigenvalue weighted by molar-refractivity contribution is 0.0546. The second-order valence-corrected chi connectivity index (χ2v) is 5.13. The van der Waals surface area contributed by atoms with E-state index in [9.17, 15) is 14.7 Å². The number of hydrogen-bond donors (Lipinski definition) is 2. The van der Waals surface area contributed by atoms with Gasteiger partial charge in [0, 0.05) is 25.2 Å². The molecule has 1 saturated heterocycles. The van der Waals surface area contributed by atoms with Gasteiger partial charge in [0.25, 0.3) is 5.91 Å². The van der Waals surface area contributed by atoms with Crippen molar-refractivity contribution in [3.05, 3.63) is 35.4 Å². The molecule has 1 aliphatic rings. The molecule has 0 unspecified atom stereocenters. The van der Waals surface area contributed by atoms with Gasteiger partial charge in [-0.25, -0.2) is 0 Å². The number of benzene rings is 1. The molecule has 2 rings (SSSR count). The smallest absolute Gasteiger partial charge is 0.253 e. The van der Waals surface area contributed by atoms with Crippen LogP contribution >= 0.6 is 0 Å². The van der Waals surface area contributed by atoms with Gasteiger partial charge in [-0.1, -0.05) is 12.1 Å².